The minimum absolute atomic E-state index is 0.00197. The summed E-state index contributed by atoms with van der Waals surface area (Å²) in [6.07, 6.45) is 0. The second-order valence-corrected chi connectivity index (χ2v) is 5.95. The van der Waals surface area contributed by atoms with Crippen LogP contribution in [0.3, 0.4) is 0 Å². The van der Waals surface area contributed by atoms with Gasteiger partial charge in [0.15, 0.2) is 17.3 Å². The van der Waals surface area contributed by atoms with Crippen molar-refractivity contribution in [2.45, 2.75) is 20.1 Å². The lowest BCUT2D eigenvalue weighted by Gasteiger charge is -2.23. The van der Waals surface area contributed by atoms with Crippen molar-refractivity contribution in [1.29, 1.82) is 5.26 Å². The Hall–Kier alpha value is -3.34. The van der Waals surface area contributed by atoms with Crippen LogP contribution < -0.4 is 19.1 Å². The molecule has 3 rings (SSSR count). The molecule has 0 fully saturated rings. The molecule has 1 aliphatic rings. The Kier molecular flexibility index (Phi) is 5.12. The summed E-state index contributed by atoms with van der Waals surface area (Å²) in [4.78, 5) is 13.3. The predicted molar refractivity (Wildman–Crippen MR) is 92.5 cm³/mol. The second kappa shape index (κ2) is 7.50. The van der Waals surface area contributed by atoms with Crippen LogP contribution in [0.5, 0.6) is 17.2 Å². The number of fused-ring (bicyclic) bond motifs is 1. The molecule has 2 aromatic rings. The molecule has 1 heterocycles. The van der Waals surface area contributed by atoms with Crippen molar-refractivity contribution in [3.63, 3.8) is 0 Å². The summed E-state index contributed by atoms with van der Waals surface area (Å²) >= 11 is 0. The zero-order valence-corrected chi connectivity index (χ0v) is 14.7. The largest absolute Gasteiger partial charge is 0.454 e. The van der Waals surface area contributed by atoms with Crippen LogP contribution in [0.15, 0.2) is 30.3 Å². The highest BCUT2D eigenvalue weighted by atomic mass is 19.3. The molecular weight excluding hydrogens is 358 g/mol. The third-order valence-corrected chi connectivity index (χ3v) is 4.12. The topological polar surface area (TPSA) is 71.8 Å². The highest BCUT2D eigenvalue weighted by Gasteiger charge is 2.21. The smallest absolute Gasteiger partial charge is 0.387 e. The number of Topliss-reactive ketones (excluding diaryl/α,β-unsaturated/α-hetero) is 1. The van der Waals surface area contributed by atoms with Crippen LogP contribution in [-0.2, 0) is 6.54 Å². The molecule has 0 radical (unpaired) electrons. The van der Waals surface area contributed by atoms with Crippen LogP contribution in [0.4, 0.5) is 14.5 Å². The molecule has 0 atom stereocenters. The number of nitriles is 1. The Morgan fingerprint density at radius 1 is 1.30 bits per heavy atom. The van der Waals surface area contributed by atoms with E-state index in [0.717, 1.165) is 0 Å². The second-order valence-electron chi connectivity index (χ2n) is 5.95. The Balaban J connectivity index is 1.96. The zero-order chi connectivity index (χ0) is 19.6. The lowest BCUT2D eigenvalue weighted by atomic mass is 10.1. The molecule has 8 heteroatoms. The van der Waals surface area contributed by atoms with Gasteiger partial charge in [0.25, 0.3) is 0 Å². The van der Waals surface area contributed by atoms with Gasteiger partial charge >= 0.3 is 6.61 Å². The van der Waals surface area contributed by atoms with Crippen LogP contribution in [0.2, 0.25) is 0 Å². The van der Waals surface area contributed by atoms with Gasteiger partial charge in [0, 0.05) is 30.8 Å². The molecule has 0 saturated carbocycles. The number of ether oxygens (including phenoxy) is 3. The fourth-order valence-corrected chi connectivity index (χ4v) is 2.80. The van der Waals surface area contributed by atoms with Crippen molar-refractivity contribution >= 4 is 11.5 Å². The number of anilines is 1. The van der Waals surface area contributed by atoms with Gasteiger partial charge in [-0.3, -0.25) is 4.79 Å². The van der Waals surface area contributed by atoms with E-state index in [-0.39, 0.29) is 24.9 Å². The van der Waals surface area contributed by atoms with Gasteiger partial charge < -0.3 is 19.1 Å². The number of alkyl halides is 2. The van der Waals surface area contributed by atoms with Crippen LogP contribution in [0.25, 0.3) is 0 Å². The van der Waals surface area contributed by atoms with Crippen molar-refractivity contribution in [2.24, 2.45) is 0 Å². The first kappa shape index (κ1) is 18.5. The summed E-state index contributed by atoms with van der Waals surface area (Å²) in [5.41, 5.74) is 1.75. The molecule has 140 valence electrons. The van der Waals surface area contributed by atoms with Crippen molar-refractivity contribution in [3.05, 3.63) is 47.0 Å². The maximum atomic E-state index is 12.8. The molecule has 0 saturated heterocycles. The first-order valence-corrected chi connectivity index (χ1v) is 8.02. The van der Waals surface area contributed by atoms with Gasteiger partial charge in [0.2, 0.25) is 6.79 Å². The standard InChI is InChI=1S/C19H16F2N2O4/c1-11(24)12-3-4-13(8-22)15(5-12)23(2)9-14-6-17-18(26-10-25-17)7-16(14)27-19(20)21/h3-7,19H,9-10H2,1-2H3. The molecule has 0 aliphatic carbocycles. The fourth-order valence-electron chi connectivity index (χ4n) is 2.80. The molecular formula is C19H16F2N2O4. The lowest BCUT2D eigenvalue weighted by molar-refractivity contribution is -0.0505. The maximum absolute atomic E-state index is 12.8. The lowest BCUT2D eigenvalue weighted by Crippen LogP contribution is -2.19. The van der Waals surface area contributed by atoms with Gasteiger partial charge in [0.1, 0.15) is 11.8 Å². The third-order valence-electron chi connectivity index (χ3n) is 4.12. The third kappa shape index (κ3) is 3.92. The highest BCUT2D eigenvalue weighted by molar-refractivity contribution is 5.95. The van der Waals surface area contributed by atoms with Gasteiger partial charge in [-0.25, -0.2) is 0 Å². The first-order valence-electron chi connectivity index (χ1n) is 8.02. The van der Waals surface area contributed by atoms with Gasteiger partial charge in [0.05, 0.1) is 11.3 Å². The molecule has 0 unspecified atom stereocenters. The van der Waals surface area contributed by atoms with E-state index in [0.29, 0.717) is 33.9 Å². The summed E-state index contributed by atoms with van der Waals surface area (Å²) < 4.78 is 40.7. The number of hydrogen-bond acceptors (Lipinski definition) is 6. The predicted octanol–water partition coefficient (Wildman–Crippen LogP) is 3.73. The monoisotopic (exact) mass is 374 g/mol. The summed E-state index contributed by atoms with van der Waals surface area (Å²) in [5, 5.41) is 9.34. The Morgan fingerprint density at radius 2 is 2.00 bits per heavy atom. The van der Waals surface area contributed by atoms with E-state index in [9.17, 15) is 18.8 Å². The number of benzene rings is 2. The molecule has 0 amide bonds. The SMILES string of the molecule is CC(=O)c1ccc(C#N)c(N(C)Cc2cc3c(cc2OC(F)F)OCO3)c1. The molecule has 0 bridgehead atoms. The van der Waals surface area contributed by atoms with Crippen LogP contribution in [0, 0.1) is 11.3 Å². The van der Waals surface area contributed by atoms with Crippen LogP contribution in [-0.4, -0.2) is 26.2 Å². The van der Waals surface area contributed by atoms with E-state index in [1.165, 1.54) is 13.0 Å². The molecule has 1 aliphatic heterocycles. The number of halogens is 2. The molecule has 0 spiro atoms. The Bertz CT molecular complexity index is 925. The first-order chi connectivity index (χ1) is 12.9. The van der Waals surface area contributed by atoms with Crippen LogP contribution >= 0.6 is 0 Å². The number of ketones is 1. The quantitative estimate of drug-likeness (QED) is 0.718. The number of carbonyl (C=O) groups excluding carboxylic acids is 1. The average Bonchev–Trinajstić information content (AvgIpc) is 3.07. The summed E-state index contributed by atoms with van der Waals surface area (Å²) in [5.74, 6) is 0.577. The van der Waals surface area contributed by atoms with E-state index < -0.39 is 6.61 Å². The minimum atomic E-state index is -3.00. The number of nitrogens with zero attached hydrogens (tertiary/aromatic N) is 2. The number of hydrogen-bond donors (Lipinski definition) is 0. The van der Waals surface area contributed by atoms with Crippen molar-refractivity contribution in [1.82, 2.24) is 0 Å². The number of carbonyl (C=O) groups is 1. The van der Waals surface area contributed by atoms with Crippen molar-refractivity contribution in [3.8, 4) is 23.3 Å². The van der Waals surface area contributed by atoms with E-state index in [1.807, 2.05) is 0 Å². The van der Waals surface area contributed by atoms with Gasteiger partial charge in [-0.2, -0.15) is 14.0 Å². The van der Waals surface area contributed by atoms with Crippen molar-refractivity contribution < 1.29 is 27.8 Å². The van der Waals surface area contributed by atoms with E-state index >= 15 is 0 Å². The van der Waals surface area contributed by atoms with E-state index in [2.05, 4.69) is 10.8 Å². The zero-order valence-electron chi connectivity index (χ0n) is 14.7. The van der Waals surface area contributed by atoms with Gasteiger partial charge in [-0.15, -0.1) is 0 Å². The highest BCUT2D eigenvalue weighted by Crippen LogP contribution is 2.39. The molecule has 0 aromatic heterocycles. The Morgan fingerprint density at radius 3 is 2.63 bits per heavy atom. The summed E-state index contributed by atoms with van der Waals surface area (Å²) in [7, 11) is 1.69. The maximum Gasteiger partial charge on any atom is 0.387 e. The van der Waals surface area contributed by atoms with E-state index in [1.54, 1.807) is 36.2 Å². The molecule has 6 nitrogen and oxygen atoms in total. The Labute approximate surface area is 154 Å². The molecule has 27 heavy (non-hydrogen) atoms. The molecule has 0 N–H and O–H groups in total. The van der Waals surface area contributed by atoms with Gasteiger partial charge in [-0.1, -0.05) is 0 Å². The summed E-state index contributed by atoms with van der Waals surface area (Å²) in [6, 6.07) is 9.72. The minimum Gasteiger partial charge on any atom is -0.454 e. The molecule has 2 aromatic carbocycles. The summed E-state index contributed by atoms with van der Waals surface area (Å²) in [6.45, 7) is -1.42. The fraction of sp³-hybridized carbons (Fsp3) is 0.263. The normalized spacial score (nSPS) is 12.0. The number of rotatable bonds is 6. The van der Waals surface area contributed by atoms with Gasteiger partial charge in [-0.05, 0) is 31.2 Å². The average molecular weight is 374 g/mol. The van der Waals surface area contributed by atoms with Crippen molar-refractivity contribution in [2.75, 3.05) is 18.7 Å². The van der Waals surface area contributed by atoms with E-state index in [4.69, 9.17) is 9.47 Å². The van der Waals surface area contributed by atoms with Crippen LogP contribution in [0.1, 0.15) is 28.4 Å².